The van der Waals surface area contributed by atoms with Crippen molar-refractivity contribution >= 4 is 31.7 Å². The van der Waals surface area contributed by atoms with Crippen LogP contribution in [0.5, 0.6) is 0 Å². The Hall–Kier alpha value is -2.53. The highest BCUT2D eigenvalue weighted by Gasteiger charge is 2.60. The van der Waals surface area contributed by atoms with E-state index in [2.05, 4.69) is 27.7 Å². The molecule has 10 N–H and O–H groups in total. The first-order valence-electron chi connectivity index (χ1n) is 50.3. The van der Waals surface area contributed by atoms with Gasteiger partial charge in [-0.3, -0.25) is 28.2 Å². The number of rotatable bonds is 83. The summed E-state index contributed by atoms with van der Waals surface area (Å²) in [6.45, 7) is 5.68. The van der Waals surface area contributed by atoms with E-state index >= 15 is 0 Å². The van der Waals surface area contributed by atoms with Gasteiger partial charge in [-0.1, -0.05) is 407 Å². The van der Waals surface area contributed by atoms with Gasteiger partial charge in [0.2, 0.25) is 0 Å². The molecule has 3 fully saturated rings. The fraction of sp³-hybridized carbons (Fsp3) is 0.958. The van der Waals surface area contributed by atoms with E-state index < -0.39 is 162 Å². The molecule has 0 aromatic carbocycles. The number of ether oxygens (including phenoxy) is 8. The van der Waals surface area contributed by atoms with Gasteiger partial charge < -0.3 is 88.7 Å². The largest absolute Gasteiger partial charge is 0.472 e. The fourth-order valence-corrected chi connectivity index (χ4v) is 17.9. The Labute approximate surface area is 738 Å². The van der Waals surface area contributed by atoms with Crippen LogP contribution in [0.15, 0.2) is 0 Å². The number of unbranched alkanes of at least 4 members (excludes halogenated alkanes) is 59. The third-order valence-electron chi connectivity index (χ3n) is 24.9. The first-order valence-corrected chi connectivity index (χ1v) is 51.8. The lowest BCUT2D eigenvalue weighted by Crippen LogP contribution is -2.70. The highest BCUT2D eigenvalue weighted by molar-refractivity contribution is 7.47. The van der Waals surface area contributed by atoms with Crippen molar-refractivity contribution in [2.75, 3.05) is 26.4 Å². The van der Waals surface area contributed by atoms with Gasteiger partial charge in [-0.15, -0.1) is 0 Å². The molecule has 0 aromatic rings. The number of esters is 4. The van der Waals surface area contributed by atoms with Gasteiger partial charge in [0.15, 0.2) is 24.8 Å². The normalized spacial score (nSPS) is 24.4. The van der Waals surface area contributed by atoms with Gasteiger partial charge in [0.1, 0.15) is 92.6 Å². The van der Waals surface area contributed by atoms with Crippen molar-refractivity contribution in [2.24, 2.45) is 0 Å². The molecular formula is C96H181O25P. The van der Waals surface area contributed by atoms with Crippen LogP contribution in [0.3, 0.4) is 0 Å². The standard InChI is InChI=1S/C96H181O25P/c1-5-9-13-17-21-25-29-33-37-41-45-49-53-57-61-65-69-80(99)113-75-78-84(103)86(105)90(109)96(117-78)120-93-91(118-82(101)71-67-63-59-55-51-47-43-39-35-31-27-23-19-15-11-7-3)87(106)88(107)92(119-95-89(108)85(104)83(102)77(72-97)116-95)94(93)121-122(110,111)114-74-76(73-112-79(98)68-64-60-56-52-48-44-40-36-32-28-24-20-16-12-8-4)115-81(100)70-66-62-58-54-50-46-42-38-34-30-26-22-18-14-10-6-2/h76-78,83-97,102-109H,5-75H2,1-4H3,(H,110,111). The molecule has 3 aliphatic rings. The van der Waals surface area contributed by atoms with Gasteiger partial charge in [-0.25, -0.2) is 4.57 Å². The first-order chi connectivity index (χ1) is 59.2. The van der Waals surface area contributed by atoms with Crippen molar-refractivity contribution in [1.29, 1.82) is 0 Å². The highest BCUT2D eigenvalue weighted by atomic mass is 31.2. The number of carbonyl (C=O) groups excluding carboxylic acids is 4. The highest BCUT2D eigenvalue weighted by Crippen LogP contribution is 2.49. The lowest BCUT2D eigenvalue weighted by Gasteiger charge is -2.50. The van der Waals surface area contributed by atoms with Crippen LogP contribution in [0.25, 0.3) is 0 Å². The molecule has 0 aromatic heterocycles. The van der Waals surface area contributed by atoms with Gasteiger partial charge in [0, 0.05) is 25.7 Å². The van der Waals surface area contributed by atoms with E-state index in [-0.39, 0.29) is 25.7 Å². The molecule has 0 spiro atoms. The average molecular weight is 1770 g/mol. The van der Waals surface area contributed by atoms with Crippen LogP contribution >= 0.6 is 7.82 Å². The van der Waals surface area contributed by atoms with Crippen molar-refractivity contribution in [3.05, 3.63) is 0 Å². The number of aliphatic hydroxyl groups is 9. The zero-order chi connectivity index (χ0) is 88.9. The number of phosphoric acid groups is 1. The molecule has 122 heavy (non-hydrogen) atoms. The molecule has 1 saturated carbocycles. The number of hydrogen-bond acceptors (Lipinski definition) is 24. The summed E-state index contributed by atoms with van der Waals surface area (Å²) in [6.07, 6.45) is 34.8. The topological polar surface area (TPSA) is 380 Å². The van der Waals surface area contributed by atoms with E-state index in [1.807, 2.05) is 0 Å². The van der Waals surface area contributed by atoms with Crippen molar-refractivity contribution in [3.8, 4) is 0 Å². The average Bonchev–Trinajstić information content (AvgIpc) is 0.754. The Kier molecular flexibility index (Phi) is 70.0. The monoisotopic (exact) mass is 1770 g/mol. The molecule has 3 rings (SSSR count). The SMILES string of the molecule is CCCCCCCCCCCCCCCCCCC(=O)OCC1OC(OC2C(OC(=O)CCCCCCCCCCCCCCCCCC)C(O)C(O)C(OC3OC(CO)C(O)C(O)C3O)C2OP(=O)(O)OCC(COC(=O)CCCCCCCCCCCCCCCCC)OC(=O)CCCCCCCCCCCCCCCCCC)C(O)C(O)C1O. The van der Waals surface area contributed by atoms with Crippen molar-refractivity contribution in [3.63, 3.8) is 0 Å². The van der Waals surface area contributed by atoms with Gasteiger partial charge in [-0.2, -0.15) is 0 Å². The second-order valence-corrected chi connectivity index (χ2v) is 37.4. The van der Waals surface area contributed by atoms with Crippen LogP contribution in [-0.2, 0) is 70.7 Å². The summed E-state index contributed by atoms with van der Waals surface area (Å²) in [5.74, 6) is -2.93. The molecule has 2 aliphatic heterocycles. The maximum atomic E-state index is 14.9. The Morgan fingerprint density at radius 1 is 0.295 bits per heavy atom. The van der Waals surface area contributed by atoms with E-state index in [1.54, 1.807) is 0 Å². The molecule has 0 amide bonds. The van der Waals surface area contributed by atoms with Crippen molar-refractivity contribution < 1.29 is 122 Å². The van der Waals surface area contributed by atoms with E-state index in [0.717, 1.165) is 128 Å². The summed E-state index contributed by atoms with van der Waals surface area (Å²) >= 11 is 0. The zero-order valence-corrected chi connectivity index (χ0v) is 78.0. The third-order valence-corrected chi connectivity index (χ3v) is 25.8. The minimum atomic E-state index is -5.81. The third kappa shape index (κ3) is 54.2. The summed E-state index contributed by atoms with van der Waals surface area (Å²) in [5.41, 5.74) is 0. The van der Waals surface area contributed by atoms with E-state index in [4.69, 9.17) is 46.9 Å². The van der Waals surface area contributed by atoms with Crippen molar-refractivity contribution in [1.82, 2.24) is 0 Å². The summed E-state index contributed by atoms with van der Waals surface area (Å²) in [5, 5.41) is 103. The number of carbonyl (C=O) groups is 4. The second kappa shape index (κ2) is 75.2. The molecule has 2 saturated heterocycles. The lowest BCUT2D eigenvalue weighted by atomic mass is 9.84. The molecular weight excluding hydrogens is 1580 g/mol. The molecule has 18 unspecified atom stereocenters. The molecule has 2 heterocycles. The molecule has 26 heteroatoms. The summed E-state index contributed by atoms with van der Waals surface area (Å²) in [7, 11) is -5.81. The van der Waals surface area contributed by atoms with Gasteiger partial charge in [0.05, 0.1) is 13.2 Å². The van der Waals surface area contributed by atoms with Crippen LogP contribution in [0.2, 0.25) is 0 Å². The maximum absolute atomic E-state index is 14.9. The van der Waals surface area contributed by atoms with Crippen LogP contribution in [0.4, 0.5) is 0 Å². The molecule has 25 nitrogen and oxygen atoms in total. The maximum Gasteiger partial charge on any atom is 0.472 e. The van der Waals surface area contributed by atoms with E-state index in [1.165, 1.54) is 244 Å². The summed E-state index contributed by atoms with van der Waals surface area (Å²) < 4.78 is 73.7. The molecule has 18 atom stereocenters. The predicted octanol–water partition coefficient (Wildman–Crippen LogP) is 19.7. The summed E-state index contributed by atoms with van der Waals surface area (Å²) in [6, 6.07) is 0. The smallest absolute Gasteiger partial charge is 0.463 e. The minimum absolute atomic E-state index is 0.0206. The quantitative estimate of drug-likeness (QED) is 0.0117. The van der Waals surface area contributed by atoms with Gasteiger partial charge in [-0.05, 0) is 25.7 Å². The molecule has 720 valence electrons. The minimum Gasteiger partial charge on any atom is -0.463 e. The van der Waals surface area contributed by atoms with Crippen molar-refractivity contribution in [2.45, 2.75) is 562 Å². The fourth-order valence-electron chi connectivity index (χ4n) is 16.9. The van der Waals surface area contributed by atoms with E-state index in [9.17, 15) is 74.6 Å². The van der Waals surface area contributed by atoms with Gasteiger partial charge >= 0.3 is 31.7 Å². The van der Waals surface area contributed by atoms with E-state index in [0.29, 0.717) is 32.1 Å². The lowest BCUT2D eigenvalue weighted by molar-refractivity contribution is -0.360. The summed E-state index contributed by atoms with van der Waals surface area (Å²) in [4.78, 5) is 66.7. The number of aliphatic hydroxyl groups excluding tert-OH is 9. The molecule has 0 radical (unpaired) electrons. The van der Waals surface area contributed by atoms with Gasteiger partial charge in [0.25, 0.3) is 0 Å². The predicted molar refractivity (Wildman–Crippen MR) is 477 cm³/mol. The second-order valence-electron chi connectivity index (χ2n) is 36.0. The first kappa shape index (κ1) is 114. The zero-order valence-electron chi connectivity index (χ0n) is 77.1. The van der Waals surface area contributed by atoms with Crippen LogP contribution in [-0.4, -0.2) is 205 Å². The van der Waals surface area contributed by atoms with Crippen LogP contribution < -0.4 is 0 Å². The van der Waals surface area contributed by atoms with Crippen LogP contribution in [0.1, 0.15) is 458 Å². The Morgan fingerprint density at radius 3 is 0.893 bits per heavy atom. The number of phosphoric ester groups is 1. The Morgan fingerprint density at radius 2 is 0.566 bits per heavy atom. The molecule has 0 bridgehead atoms. The van der Waals surface area contributed by atoms with Crippen LogP contribution in [0, 0.1) is 0 Å². The number of hydrogen-bond donors (Lipinski definition) is 10. The Balaban J connectivity index is 1.89. The Bertz CT molecular complexity index is 2520. The molecule has 1 aliphatic carbocycles.